The van der Waals surface area contributed by atoms with Gasteiger partial charge in [0.25, 0.3) is 0 Å². The van der Waals surface area contributed by atoms with E-state index in [0.717, 1.165) is 52.5 Å². The molecule has 0 N–H and O–H groups in total. The second kappa shape index (κ2) is 7.93. The van der Waals surface area contributed by atoms with Crippen LogP contribution in [0.5, 0.6) is 0 Å². The molecule has 2 fully saturated rings. The van der Waals surface area contributed by atoms with Gasteiger partial charge >= 0.3 is 0 Å². The molecule has 2 aliphatic rings. The van der Waals surface area contributed by atoms with Gasteiger partial charge in [0.15, 0.2) is 0 Å². The number of aromatic nitrogens is 1. The molecule has 25 heavy (non-hydrogen) atoms. The Bertz CT molecular complexity index is 652. The van der Waals surface area contributed by atoms with Crippen LogP contribution in [0, 0.1) is 0 Å². The molecule has 1 unspecified atom stereocenters. The highest BCUT2D eigenvalue weighted by Crippen LogP contribution is 2.25. The fourth-order valence-corrected chi connectivity index (χ4v) is 4.48. The van der Waals surface area contributed by atoms with E-state index in [1.54, 1.807) is 0 Å². The highest BCUT2D eigenvalue weighted by Gasteiger charge is 2.40. The molecule has 4 heterocycles. The summed E-state index contributed by atoms with van der Waals surface area (Å²) in [5.41, 5.74) is 1.01. The highest BCUT2D eigenvalue weighted by molar-refractivity contribution is 7.09. The Hall–Kier alpha value is -1.31. The van der Waals surface area contributed by atoms with Gasteiger partial charge in [-0.2, -0.15) is 0 Å². The van der Waals surface area contributed by atoms with Gasteiger partial charge in [0.1, 0.15) is 5.60 Å². The molecule has 0 aliphatic carbocycles. The number of hydrogen-bond acceptors (Lipinski definition) is 6. The fraction of sp³-hybridized carbons (Fsp3) is 0.526. The SMILES string of the molecule is c1cncc(CN2CCOCC3(C2)CN(Cc2cccs2)CCO3)c1. The van der Waals surface area contributed by atoms with Crippen LogP contribution in [0.4, 0.5) is 0 Å². The first kappa shape index (κ1) is 17.1. The minimum absolute atomic E-state index is 0.228. The van der Waals surface area contributed by atoms with E-state index in [9.17, 15) is 0 Å². The van der Waals surface area contributed by atoms with Crippen molar-refractivity contribution in [2.45, 2.75) is 18.7 Å². The summed E-state index contributed by atoms with van der Waals surface area (Å²) in [4.78, 5) is 10.6. The van der Waals surface area contributed by atoms with E-state index in [0.29, 0.717) is 6.61 Å². The van der Waals surface area contributed by atoms with E-state index in [1.165, 1.54) is 10.4 Å². The van der Waals surface area contributed by atoms with Crippen molar-refractivity contribution < 1.29 is 9.47 Å². The highest BCUT2D eigenvalue weighted by atomic mass is 32.1. The van der Waals surface area contributed by atoms with Gasteiger partial charge in [-0.1, -0.05) is 12.1 Å². The number of ether oxygens (including phenoxy) is 2. The van der Waals surface area contributed by atoms with Crippen molar-refractivity contribution in [3.05, 3.63) is 52.5 Å². The molecule has 0 bridgehead atoms. The maximum Gasteiger partial charge on any atom is 0.117 e. The number of thiophene rings is 1. The summed E-state index contributed by atoms with van der Waals surface area (Å²) in [6.45, 7) is 7.87. The van der Waals surface area contributed by atoms with Crippen LogP contribution >= 0.6 is 11.3 Å². The molecule has 1 atom stereocenters. The normalized spacial score (nSPS) is 25.9. The first-order valence-corrected chi connectivity index (χ1v) is 9.77. The quantitative estimate of drug-likeness (QED) is 0.837. The monoisotopic (exact) mass is 359 g/mol. The van der Waals surface area contributed by atoms with E-state index < -0.39 is 0 Å². The van der Waals surface area contributed by atoms with Gasteiger partial charge in [0.2, 0.25) is 0 Å². The molecule has 134 valence electrons. The van der Waals surface area contributed by atoms with Crippen LogP contribution in [0.1, 0.15) is 10.4 Å². The van der Waals surface area contributed by atoms with Crippen LogP contribution in [0.15, 0.2) is 42.0 Å². The minimum Gasteiger partial charge on any atom is -0.377 e. The first-order chi connectivity index (χ1) is 12.3. The lowest BCUT2D eigenvalue weighted by Crippen LogP contribution is -2.58. The number of nitrogens with zero attached hydrogens (tertiary/aromatic N) is 3. The third-order valence-corrected chi connectivity index (χ3v) is 5.71. The maximum atomic E-state index is 6.28. The van der Waals surface area contributed by atoms with Crippen LogP contribution in [-0.4, -0.2) is 66.4 Å². The van der Waals surface area contributed by atoms with Crippen LogP contribution in [0.3, 0.4) is 0 Å². The van der Waals surface area contributed by atoms with Crippen LogP contribution in [-0.2, 0) is 22.6 Å². The Labute approximate surface area is 153 Å². The van der Waals surface area contributed by atoms with E-state index in [2.05, 4.69) is 38.4 Å². The number of morpholine rings is 1. The molecule has 6 heteroatoms. The Morgan fingerprint density at radius 2 is 1.96 bits per heavy atom. The topological polar surface area (TPSA) is 37.8 Å². The summed E-state index contributed by atoms with van der Waals surface area (Å²) in [6, 6.07) is 8.47. The molecule has 0 radical (unpaired) electrons. The molecule has 4 rings (SSSR count). The van der Waals surface area contributed by atoms with E-state index in [-0.39, 0.29) is 5.60 Å². The molecular weight excluding hydrogens is 334 g/mol. The lowest BCUT2D eigenvalue weighted by Gasteiger charge is -2.43. The zero-order chi connectivity index (χ0) is 17.0. The van der Waals surface area contributed by atoms with Crippen molar-refractivity contribution in [2.75, 3.05) is 46.0 Å². The lowest BCUT2D eigenvalue weighted by molar-refractivity contribution is -0.143. The minimum atomic E-state index is -0.228. The van der Waals surface area contributed by atoms with E-state index in [1.807, 2.05) is 29.8 Å². The summed E-state index contributed by atoms with van der Waals surface area (Å²) in [5, 5.41) is 2.15. The zero-order valence-corrected chi connectivity index (χ0v) is 15.3. The Kier molecular flexibility index (Phi) is 5.43. The van der Waals surface area contributed by atoms with Crippen LogP contribution in [0.2, 0.25) is 0 Å². The van der Waals surface area contributed by atoms with Crippen molar-refractivity contribution in [1.29, 1.82) is 0 Å². The molecule has 2 saturated heterocycles. The smallest absolute Gasteiger partial charge is 0.117 e. The number of hydrogen-bond donors (Lipinski definition) is 0. The Morgan fingerprint density at radius 1 is 1.08 bits per heavy atom. The molecule has 0 amide bonds. The average Bonchev–Trinajstić information content (AvgIpc) is 3.05. The molecule has 5 nitrogen and oxygen atoms in total. The largest absolute Gasteiger partial charge is 0.377 e. The van der Waals surface area contributed by atoms with Crippen LogP contribution in [0.25, 0.3) is 0 Å². The molecular formula is C19H25N3O2S. The van der Waals surface area contributed by atoms with Crippen molar-refractivity contribution >= 4 is 11.3 Å². The standard InChI is InChI=1S/C19H25N3O2S/c1-3-17(11-20-5-1)12-21-6-8-23-16-19(14-21)15-22(7-9-24-19)13-18-4-2-10-25-18/h1-5,10-11H,6-9,12-16H2. The van der Waals surface area contributed by atoms with Crippen molar-refractivity contribution in [3.8, 4) is 0 Å². The number of pyridine rings is 1. The first-order valence-electron chi connectivity index (χ1n) is 8.89. The van der Waals surface area contributed by atoms with Gasteiger partial charge in [0.05, 0.1) is 19.8 Å². The van der Waals surface area contributed by atoms with Gasteiger partial charge in [-0.3, -0.25) is 14.8 Å². The fourth-order valence-electron chi connectivity index (χ4n) is 3.73. The Morgan fingerprint density at radius 3 is 2.76 bits per heavy atom. The molecule has 2 aromatic rings. The second-order valence-electron chi connectivity index (χ2n) is 6.95. The summed E-state index contributed by atoms with van der Waals surface area (Å²) in [5.74, 6) is 0. The Balaban J connectivity index is 1.43. The molecule has 2 aliphatic heterocycles. The molecule has 1 spiro atoms. The van der Waals surface area contributed by atoms with Crippen molar-refractivity contribution in [2.24, 2.45) is 0 Å². The average molecular weight is 359 g/mol. The predicted octanol–water partition coefficient (Wildman–Crippen LogP) is 2.25. The zero-order valence-electron chi connectivity index (χ0n) is 14.5. The van der Waals surface area contributed by atoms with Gasteiger partial charge < -0.3 is 9.47 Å². The van der Waals surface area contributed by atoms with Gasteiger partial charge in [-0.15, -0.1) is 11.3 Å². The van der Waals surface area contributed by atoms with Gasteiger partial charge in [-0.25, -0.2) is 0 Å². The summed E-state index contributed by atoms with van der Waals surface area (Å²) < 4.78 is 12.2. The predicted molar refractivity (Wildman–Crippen MR) is 98.6 cm³/mol. The molecule has 0 saturated carbocycles. The third-order valence-electron chi connectivity index (χ3n) is 4.84. The summed E-state index contributed by atoms with van der Waals surface area (Å²) >= 11 is 1.83. The van der Waals surface area contributed by atoms with Crippen molar-refractivity contribution in [3.63, 3.8) is 0 Å². The number of rotatable bonds is 4. The van der Waals surface area contributed by atoms with Crippen LogP contribution < -0.4 is 0 Å². The lowest BCUT2D eigenvalue weighted by atomic mass is 10.0. The third kappa shape index (κ3) is 4.46. The van der Waals surface area contributed by atoms with Gasteiger partial charge in [-0.05, 0) is 23.1 Å². The molecule has 0 aromatic carbocycles. The maximum absolute atomic E-state index is 6.28. The summed E-state index contributed by atoms with van der Waals surface area (Å²) in [6.07, 6.45) is 3.77. The van der Waals surface area contributed by atoms with Crippen molar-refractivity contribution in [1.82, 2.24) is 14.8 Å². The summed E-state index contributed by atoms with van der Waals surface area (Å²) in [7, 11) is 0. The van der Waals surface area contributed by atoms with E-state index >= 15 is 0 Å². The second-order valence-corrected chi connectivity index (χ2v) is 7.98. The molecule has 2 aromatic heterocycles. The van der Waals surface area contributed by atoms with E-state index in [4.69, 9.17) is 9.47 Å². The van der Waals surface area contributed by atoms with Gasteiger partial charge in [0, 0.05) is 56.5 Å².